The normalized spacial score (nSPS) is 5.82. The van der Waals surface area contributed by atoms with Crippen LogP contribution in [0, 0.1) is 0 Å². The fourth-order valence-corrected chi connectivity index (χ4v) is 0. The van der Waals surface area contributed by atoms with Crippen molar-refractivity contribution in [2.24, 2.45) is 0 Å². The summed E-state index contributed by atoms with van der Waals surface area (Å²) in [5, 5.41) is 0. The van der Waals surface area contributed by atoms with Crippen molar-refractivity contribution in [3.63, 3.8) is 0 Å². The Kier molecular flexibility index (Phi) is 91.4. The summed E-state index contributed by atoms with van der Waals surface area (Å²) in [5.41, 5.74) is 0. The van der Waals surface area contributed by atoms with E-state index in [1.807, 2.05) is 0 Å². The van der Waals surface area contributed by atoms with Crippen LogP contribution in [0.5, 0.6) is 0 Å². The van der Waals surface area contributed by atoms with Gasteiger partial charge < -0.3 is 76.7 Å². The SMILES string of the molecule is O=[Si](O)O.O=[Si](O)O.O=[Si](O)O.O=[Si](O)O.O=[Si](O)O.O=[Si](O)O.O=[Si](O)O.O=[Si](O)O.[CaH2]. The van der Waals surface area contributed by atoms with E-state index in [0.29, 0.717) is 0 Å². The van der Waals surface area contributed by atoms with E-state index in [0.717, 1.165) is 0 Å². The van der Waals surface area contributed by atoms with Crippen LogP contribution in [-0.2, 0) is 35.7 Å². The van der Waals surface area contributed by atoms with Gasteiger partial charge in [-0.15, -0.1) is 0 Å². The summed E-state index contributed by atoms with van der Waals surface area (Å²) < 4.78 is 69.9. The summed E-state index contributed by atoms with van der Waals surface area (Å²) in [4.78, 5) is 115. The molecular weight excluding hydrogens is 649 g/mol. The van der Waals surface area contributed by atoms with E-state index in [1.165, 1.54) is 0 Å². The Morgan fingerprint density at radius 1 is 0.212 bits per heavy atom. The summed E-state index contributed by atoms with van der Waals surface area (Å²) in [7, 11) is -25.0. The van der Waals surface area contributed by atoms with Crippen LogP contribution in [0.4, 0.5) is 0 Å². The summed E-state index contributed by atoms with van der Waals surface area (Å²) >= 11 is 0. The molecule has 0 spiro atoms. The van der Waals surface area contributed by atoms with E-state index < -0.39 is 73.4 Å². The third-order valence-corrected chi connectivity index (χ3v) is 0. The molecule has 0 aromatic rings. The first-order chi connectivity index (χ1) is 13.9. The van der Waals surface area contributed by atoms with Crippen molar-refractivity contribution in [1.29, 1.82) is 0 Å². The molecule has 0 aromatic heterocycles. The fraction of sp³-hybridized carbons (Fsp3) is 0. The third kappa shape index (κ3) is 7370. The molecule has 0 bridgehead atoms. The van der Waals surface area contributed by atoms with Gasteiger partial charge in [0, 0.05) is 0 Å². The van der Waals surface area contributed by atoms with Crippen LogP contribution in [0.3, 0.4) is 0 Å². The van der Waals surface area contributed by atoms with Crippen LogP contribution < -0.4 is 0 Å². The van der Waals surface area contributed by atoms with Crippen molar-refractivity contribution in [1.82, 2.24) is 0 Å². The molecule has 0 amide bonds. The van der Waals surface area contributed by atoms with Crippen LogP contribution in [0.25, 0.3) is 0 Å². The van der Waals surface area contributed by atoms with Gasteiger partial charge in [0.2, 0.25) is 0 Å². The van der Waals surface area contributed by atoms with Crippen LogP contribution in [-0.4, -0.2) is 188 Å². The molecule has 0 aliphatic rings. The first kappa shape index (κ1) is 57.7. The predicted octanol–water partition coefficient (Wildman–Crippen LogP) is -13.8. The molecule has 33 heavy (non-hydrogen) atoms. The molecule has 0 aliphatic heterocycles. The molecular formula is H18CaO24Si8. The molecule has 0 radical (unpaired) electrons. The molecule has 24 nitrogen and oxygen atoms in total. The summed E-state index contributed by atoms with van der Waals surface area (Å²) in [6.45, 7) is 0. The first-order valence-electron chi connectivity index (χ1n) is 5.21. The molecule has 0 saturated heterocycles. The van der Waals surface area contributed by atoms with Crippen molar-refractivity contribution < 1.29 is 112 Å². The Bertz CT molecular complexity index is 361. The van der Waals surface area contributed by atoms with Crippen molar-refractivity contribution in [2.75, 3.05) is 0 Å². The zero-order chi connectivity index (χ0) is 28.6. The van der Waals surface area contributed by atoms with Gasteiger partial charge in [-0.25, -0.2) is 0 Å². The Hall–Kier alpha value is -1.81. The van der Waals surface area contributed by atoms with E-state index >= 15 is 0 Å². The zero-order valence-electron chi connectivity index (χ0n) is 14.4. The number of hydrogen-bond donors (Lipinski definition) is 16. The minimum absolute atomic E-state index is 0. The van der Waals surface area contributed by atoms with E-state index in [9.17, 15) is 0 Å². The van der Waals surface area contributed by atoms with Crippen molar-refractivity contribution in [3.8, 4) is 0 Å². The molecule has 0 heterocycles. The zero-order valence-corrected chi connectivity index (χ0v) is 22.4. The maximum absolute atomic E-state index is 8.74. The Morgan fingerprint density at radius 3 is 0.212 bits per heavy atom. The average molecular weight is 667 g/mol. The van der Waals surface area contributed by atoms with Gasteiger partial charge in [-0.2, -0.15) is 0 Å². The van der Waals surface area contributed by atoms with Crippen molar-refractivity contribution in [2.45, 2.75) is 0 Å². The van der Waals surface area contributed by atoms with E-state index in [-0.39, 0.29) is 37.7 Å². The van der Waals surface area contributed by atoms with Gasteiger partial charge in [-0.05, 0) is 0 Å². The molecule has 196 valence electrons. The molecule has 0 unspecified atom stereocenters. The van der Waals surface area contributed by atoms with E-state index in [4.69, 9.17) is 112 Å². The van der Waals surface area contributed by atoms with E-state index in [1.54, 1.807) is 0 Å². The average Bonchev–Trinajstić information content (AvgIpc) is 2.30. The minimum atomic E-state index is -3.13. The molecule has 33 heteroatoms. The van der Waals surface area contributed by atoms with Gasteiger partial charge in [0.05, 0.1) is 0 Å². The summed E-state index contributed by atoms with van der Waals surface area (Å²) in [5.74, 6) is 0. The second-order valence-electron chi connectivity index (χ2n) is 2.26. The Labute approximate surface area is 222 Å². The van der Waals surface area contributed by atoms with Crippen molar-refractivity contribution in [3.05, 3.63) is 0 Å². The van der Waals surface area contributed by atoms with Crippen molar-refractivity contribution >= 4 is 111 Å². The molecule has 0 fully saturated rings. The summed E-state index contributed by atoms with van der Waals surface area (Å²) in [6, 6.07) is 0. The quantitative estimate of drug-likeness (QED) is 0.107. The van der Waals surface area contributed by atoms with Gasteiger partial charge in [0.15, 0.2) is 0 Å². The third-order valence-electron chi connectivity index (χ3n) is 0. The first-order valence-corrected chi connectivity index (χ1v) is 15.6. The monoisotopic (exact) mass is 666 g/mol. The van der Waals surface area contributed by atoms with Crippen LogP contribution in [0.2, 0.25) is 0 Å². The fourth-order valence-electron chi connectivity index (χ4n) is 0. The van der Waals surface area contributed by atoms with Gasteiger partial charge in [0.25, 0.3) is 0 Å². The van der Waals surface area contributed by atoms with Crippen LogP contribution >= 0.6 is 0 Å². The molecule has 0 saturated carbocycles. The molecule has 0 aliphatic carbocycles. The number of rotatable bonds is 0. The van der Waals surface area contributed by atoms with Crippen LogP contribution in [0.15, 0.2) is 0 Å². The standard InChI is InChI=1S/Ca.8H2O3Si.2H/c;8*1-4(2)3;;/h;8*1-2H;;. The maximum atomic E-state index is 8.74. The van der Waals surface area contributed by atoms with E-state index in [2.05, 4.69) is 0 Å². The van der Waals surface area contributed by atoms with Gasteiger partial charge in [0.1, 0.15) is 0 Å². The topological polar surface area (TPSA) is 460 Å². The Morgan fingerprint density at radius 2 is 0.212 bits per heavy atom. The molecule has 16 N–H and O–H groups in total. The molecule has 0 atom stereocenters. The summed E-state index contributed by atoms with van der Waals surface area (Å²) in [6.07, 6.45) is 0. The second-order valence-corrected chi connectivity index (χ2v) is 6.78. The van der Waals surface area contributed by atoms with Crippen LogP contribution in [0.1, 0.15) is 0 Å². The number of hydrogen-bond acceptors (Lipinski definition) is 8. The predicted molar refractivity (Wildman–Crippen MR) is 95.6 cm³/mol. The molecule has 0 aromatic carbocycles. The second kappa shape index (κ2) is 52.2. The van der Waals surface area contributed by atoms with Gasteiger partial charge in [-0.3, -0.25) is 35.7 Å². The van der Waals surface area contributed by atoms with Gasteiger partial charge >= 0.3 is 111 Å². The van der Waals surface area contributed by atoms with Gasteiger partial charge in [-0.1, -0.05) is 0 Å². The molecule has 0 rings (SSSR count). The Balaban J connectivity index is -0.0000000284.